The third-order valence-electron chi connectivity index (χ3n) is 4.15. The zero-order valence-corrected chi connectivity index (χ0v) is 10.8. The van der Waals surface area contributed by atoms with Crippen molar-refractivity contribution in [3.8, 4) is 0 Å². The van der Waals surface area contributed by atoms with Gasteiger partial charge in [0.2, 0.25) is 0 Å². The van der Waals surface area contributed by atoms with E-state index in [1.807, 2.05) is 12.1 Å². The number of ether oxygens (including phenoxy) is 1. The van der Waals surface area contributed by atoms with E-state index in [1.165, 1.54) is 37.8 Å². The normalized spacial score (nSPS) is 28.9. The number of likely N-dealkylation sites (tertiary alicyclic amines) is 1. The van der Waals surface area contributed by atoms with Gasteiger partial charge in [-0.05, 0) is 49.9 Å². The highest BCUT2D eigenvalue weighted by atomic mass is 16.5. The number of nitrogens with two attached hydrogens (primary N) is 1. The predicted molar refractivity (Wildman–Crippen MR) is 73.4 cm³/mol. The van der Waals surface area contributed by atoms with E-state index in [2.05, 4.69) is 17.0 Å². The maximum atomic E-state index is 5.76. The summed E-state index contributed by atoms with van der Waals surface area (Å²) in [5, 5.41) is 0. The first-order chi connectivity index (χ1) is 8.83. The molecule has 0 bridgehead atoms. The van der Waals surface area contributed by atoms with E-state index >= 15 is 0 Å². The van der Waals surface area contributed by atoms with E-state index < -0.39 is 0 Å². The Kier molecular flexibility index (Phi) is 3.52. The maximum Gasteiger partial charge on any atom is 0.0703 e. The van der Waals surface area contributed by atoms with Crippen molar-refractivity contribution >= 4 is 5.69 Å². The summed E-state index contributed by atoms with van der Waals surface area (Å²) in [4.78, 5) is 2.58. The molecule has 1 aromatic carbocycles. The molecule has 0 aliphatic carbocycles. The topological polar surface area (TPSA) is 38.5 Å². The molecule has 2 saturated heterocycles. The summed E-state index contributed by atoms with van der Waals surface area (Å²) in [6.45, 7) is 3.25. The van der Waals surface area contributed by atoms with Crippen molar-refractivity contribution in [2.45, 2.75) is 37.8 Å². The molecule has 3 nitrogen and oxygen atoms in total. The zero-order chi connectivity index (χ0) is 12.4. The first-order valence-electron chi connectivity index (χ1n) is 7.04. The second-order valence-corrected chi connectivity index (χ2v) is 5.45. The highest BCUT2D eigenvalue weighted by Crippen LogP contribution is 2.33. The fraction of sp³-hybridized carbons (Fsp3) is 0.600. The molecule has 98 valence electrons. The number of hydrogen-bond acceptors (Lipinski definition) is 3. The van der Waals surface area contributed by atoms with Crippen LogP contribution in [0.3, 0.4) is 0 Å². The molecular weight excluding hydrogens is 224 g/mol. The summed E-state index contributed by atoms with van der Waals surface area (Å²) >= 11 is 0. The second-order valence-electron chi connectivity index (χ2n) is 5.45. The molecule has 1 aromatic rings. The van der Waals surface area contributed by atoms with Crippen LogP contribution in [0.1, 0.15) is 37.3 Å². The molecule has 2 fully saturated rings. The highest BCUT2D eigenvalue weighted by Gasteiger charge is 2.29. The fourth-order valence-electron chi connectivity index (χ4n) is 3.19. The highest BCUT2D eigenvalue weighted by molar-refractivity contribution is 5.40. The van der Waals surface area contributed by atoms with Gasteiger partial charge >= 0.3 is 0 Å². The minimum Gasteiger partial charge on any atom is -0.399 e. The molecular formula is C15H22N2O. The third kappa shape index (κ3) is 2.52. The van der Waals surface area contributed by atoms with E-state index in [4.69, 9.17) is 10.5 Å². The number of anilines is 1. The van der Waals surface area contributed by atoms with Gasteiger partial charge in [0.05, 0.1) is 6.10 Å². The summed E-state index contributed by atoms with van der Waals surface area (Å²) in [6.07, 6.45) is 5.47. The zero-order valence-electron chi connectivity index (χ0n) is 10.8. The molecule has 18 heavy (non-hydrogen) atoms. The van der Waals surface area contributed by atoms with E-state index in [-0.39, 0.29) is 0 Å². The minimum atomic E-state index is 0.458. The van der Waals surface area contributed by atoms with Gasteiger partial charge in [0.15, 0.2) is 0 Å². The molecule has 3 heteroatoms. The molecule has 2 N–H and O–H groups in total. The largest absolute Gasteiger partial charge is 0.399 e. The lowest BCUT2D eigenvalue weighted by Gasteiger charge is -2.27. The molecule has 2 unspecified atom stereocenters. The lowest BCUT2D eigenvalue weighted by atomic mass is 10.0. The number of nitrogens with zero attached hydrogens (tertiary/aromatic N) is 1. The Morgan fingerprint density at radius 2 is 2.00 bits per heavy atom. The van der Waals surface area contributed by atoms with Gasteiger partial charge in [-0.3, -0.25) is 4.90 Å². The molecule has 0 aromatic heterocycles. The first-order valence-corrected chi connectivity index (χ1v) is 7.04. The summed E-state index contributed by atoms with van der Waals surface area (Å²) in [7, 11) is 0. The molecule has 2 aliphatic rings. The van der Waals surface area contributed by atoms with Gasteiger partial charge in [0, 0.05) is 24.9 Å². The van der Waals surface area contributed by atoms with Gasteiger partial charge < -0.3 is 10.5 Å². The van der Waals surface area contributed by atoms with Crippen LogP contribution < -0.4 is 5.73 Å². The van der Waals surface area contributed by atoms with Crippen molar-refractivity contribution < 1.29 is 4.74 Å². The lowest BCUT2D eigenvalue weighted by molar-refractivity contribution is 0.0689. The van der Waals surface area contributed by atoms with Gasteiger partial charge in [-0.2, -0.15) is 0 Å². The van der Waals surface area contributed by atoms with Crippen molar-refractivity contribution in [3.05, 3.63) is 29.8 Å². The fourth-order valence-corrected chi connectivity index (χ4v) is 3.19. The van der Waals surface area contributed by atoms with Gasteiger partial charge in [0.25, 0.3) is 0 Å². The van der Waals surface area contributed by atoms with Crippen LogP contribution in [0.15, 0.2) is 24.3 Å². The van der Waals surface area contributed by atoms with Gasteiger partial charge in [0.1, 0.15) is 0 Å². The second kappa shape index (κ2) is 5.29. The maximum absolute atomic E-state index is 5.76. The summed E-state index contributed by atoms with van der Waals surface area (Å²) in [6, 6.07) is 8.94. The van der Waals surface area contributed by atoms with Crippen molar-refractivity contribution in [2.75, 3.05) is 25.4 Å². The summed E-state index contributed by atoms with van der Waals surface area (Å²) in [5.74, 6) is 0. The quantitative estimate of drug-likeness (QED) is 0.833. The SMILES string of the molecule is Nc1ccc(C2CCCN2CC2CCCO2)cc1. The van der Waals surface area contributed by atoms with E-state index in [1.54, 1.807) is 0 Å². The van der Waals surface area contributed by atoms with Gasteiger partial charge in [-0.25, -0.2) is 0 Å². The summed E-state index contributed by atoms with van der Waals surface area (Å²) < 4.78 is 5.76. The number of benzene rings is 1. The molecule has 3 rings (SSSR count). The lowest BCUT2D eigenvalue weighted by Crippen LogP contribution is -2.31. The Morgan fingerprint density at radius 1 is 1.17 bits per heavy atom. The average Bonchev–Trinajstić information content (AvgIpc) is 3.02. The Labute approximate surface area is 109 Å². The average molecular weight is 246 g/mol. The van der Waals surface area contributed by atoms with Crippen LogP contribution in [0, 0.1) is 0 Å². The molecule has 0 amide bonds. The van der Waals surface area contributed by atoms with Gasteiger partial charge in [-0.15, -0.1) is 0 Å². The van der Waals surface area contributed by atoms with Crippen LogP contribution in [-0.4, -0.2) is 30.7 Å². The van der Waals surface area contributed by atoms with Crippen LogP contribution in [0.4, 0.5) is 5.69 Å². The number of hydrogen-bond donors (Lipinski definition) is 1. The van der Waals surface area contributed by atoms with Crippen LogP contribution in [0.25, 0.3) is 0 Å². The number of rotatable bonds is 3. The monoisotopic (exact) mass is 246 g/mol. The predicted octanol–water partition coefficient (Wildman–Crippen LogP) is 2.58. The third-order valence-corrected chi connectivity index (χ3v) is 4.15. The van der Waals surface area contributed by atoms with Gasteiger partial charge in [-0.1, -0.05) is 12.1 Å². The molecule has 2 heterocycles. The van der Waals surface area contributed by atoms with E-state index in [0.717, 1.165) is 18.8 Å². The van der Waals surface area contributed by atoms with Crippen LogP contribution >= 0.6 is 0 Å². The first kappa shape index (κ1) is 12.0. The summed E-state index contributed by atoms with van der Waals surface area (Å²) in [5.41, 5.74) is 8.01. The minimum absolute atomic E-state index is 0.458. The molecule has 0 radical (unpaired) electrons. The molecule has 2 aliphatic heterocycles. The van der Waals surface area contributed by atoms with E-state index in [9.17, 15) is 0 Å². The van der Waals surface area contributed by atoms with E-state index in [0.29, 0.717) is 12.1 Å². The molecule has 0 saturated carbocycles. The van der Waals surface area contributed by atoms with Crippen LogP contribution in [0.2, 0.25) is 0 Å². The molecule has 2 atom stereocenters. The standard InChI is InChI=1S/C15H22N2O/c16-13-7-5-12(6-8-13)15-4-1-9-17(15)11-14-3-2-10-18-14/h5-8,14-15H,1-4,9-11,16H2. The van der Waals surface area contributed by atoms with Crippen LogP contribution in [-0.2, 0) is 4.74 Å². The van der Waals surface area contributed by atoms with Crippen molar-refractivity contribution in [3.63, 3.8) is 0 Å². The Bertz CT molecular complexity index is 384. The van der Waals surface area contributed by atoms with Crippen LogP contribution in [0.5, 0.6) is 0 Å². The smallest absolute Gasteiger partial charge is 0.0703 e. The van der Waals surface area contributed by atoms with Crippen molar-refractivity contribution in [2.24, 2.45) is 0 Å². The Hall–Kier alpha value is -1.06. The van der Waals surface area contributed by atoms with Crippen molar-refractivity contribution in [1.29, 1.82) is 0 Å². The molecule has 0 spiro atoms. The number of nitrogen functional groups attached to an aromatic ring is 1. The Morgan fingerprint density at radius 3 is 2.72 bits per heavy atom. The Balaban J connectivity index is 1.68. The van der Waals surface area contributed by atoms with Crippen molar-refractivity contribution in [1.82, 2.24) is 4.90 Å².